The number of primary amides is 1. The summed E-state index contributed by atoms with van der Waals surface area (Å²) in [5.74, 6) is -0.622. The molecule has 2 unspecified atom stereocenters. The minimum Gasteiger partial charge on any atom is -0.368 e. The van der Waals surface area contributed by atoms with E-state index in [0.29, 0.717) is 6.42 Å². The Morgan fingerprint density at radius 3 is 2.73 bits per heavy atom. The minimum absolute atomic E-state index is 0.0706. The second-order valence-electron chi connectivity index (χ2n) is 2.61. The highest BCUT2D eigenvalue weighted by atomic mass is 31.0. The molecule has 2 N–H and O–H groups in total. The van der Waals surface area contributed by atoms with Gasteiger partial charge >= 0.3 is 0 Å². The monoisotopic (exact) mass is 174 g/mol. The van der Waals surface area contributed by atoms with E-state index < -0.39 is 11.9 Å². The Balaban J connectivity index is 2.70. The van der Waals surface area contributed by atoms with Crippen molar-refractivity contribution in [1.82, 2.24) is 4.67 Å². The zero-order valence-corrected chi connectivity index (χ0v) is 7.27. The fourth-order valence-electron chi connectivity index (χ4n) is 1.21. The van der Waals surface area contributed by atoms with Crippen molar-refractivity contribution in [3.05, 3.63) is 0 Å². The topological polar surface area (TPSA) is 63.4 Å². The fourth-order valence-corrected chi connectivity index (χ4v) is 1.70. The third-order valence-corrected chi connectivity index (χ3v) is 2.30. The molecule has 0 aliphatic carbocycles. The molecule has 0 spiro atoms. The standard InChI is InChI=1S/C6H11N2O2P/c7-6(10)5-4(9)2-1-3-8(5)11/h5H,1-3,11H2,(H2,7,10). The van der Waals surface area contributed by atoms with Crippen LogP contribution in [0.5, 0.6) is 0 Å². The summed E-state index contributed by atoms with van der Waals surface area (Å²) in [6, 6.07) is -0.714. The average molecular weight is 174 g/mol. The number of carbonyl (C=O) groups excluding carboxylic acids is 2. The number of piperidine rings is 1. The highest BCUT2D eigenvalue weighted by Gasteiger charge is 2.31. The largest absolute Gasteiger partial charge is 0.368 e. The van der Waals surface area contributed by atoms with Gasteiger partial charge in [0.05, 0.1) is 0 Å². The summed E-state index contributed by atoms with van der Waals surface area (Å²) in [5.41, 5.74) is 5.03. The molecule has 0 radical (unpaired) electrons. The molecule has 1 amide bonds. The maximum atomic E-state index is 11.1. The predicted octanol–water partition coefficient (Wildman–Crippen LogP) is -0.705. The number of Topliss-reactive ketones (excluding diaryl/α,β-unsaturated/α-hetero) is 1. The Labute approximate surface area is 67.4 Å². The molecular weight excluding hydrogens is 163 g/mol. The van der Waals surface area contributed by atoms with Gasteiger partial charge in [0.15, 0.2) is 11.8 Å². The zero-order valence-electron chi connectivity index (χ0n) is 6.12. The molecule has 1 fully saturated rings. The smallest absolute Gasteiger partial charge is 0.242 e. The van der Waals surface area contributed by atoms with E-state index >= 15 is 0 Å². The van der Waals surface area contributed by atoms with Crippen molar-refractivity contribution in [2.45, 2.75) is 18.9 Å². The van der Waals surface area contributed by atoms with Crippen LogP contribution in [0.2, 0.25) is 0 Å². The Morgan fingerprint density at radius 2 is 2.36 bits per heavy atom. The zero-order chi connectivity index (χ0) is 8.43. The lowest BCUT2D eigenvalue weighted by Crippen LogP contribution is -2.48. The second kappa shape index (κ2) is 3.28. The van der Waals surface area contributed by atoms with Crippen LogP contribution in [0.25, 0.3) is 0 Å². The van der Waals surface area contributed by atoms with Crippen molar-refractivity contribution in [3.8, 4) is 0 Å². The Bertz CT molecular complexity index is 195. The molecule has 0 aromatic rings. The molecule has 1 aliphatic heterocycles. The van der Waals surface area contributed by atoms with Crippen molar-refractivity contribution >= 4 is 21.1 Å². The molecule has 0 bridgehead atoms. The lowest BCUT2D eigenvalue weighted by Gasteiger charge is -2.27. The number of rotatable bonds is 1. The Hall–Kier alpha value is -0.470. The third kappa shape index (κ3) is 1.76. The maximum absolute atomic E-state index is 11.1. The minimum atomic E-state index is -0.714. The first-order valence-electron chi connectivity index (χ1n) is 3.46. The molecule has 62 valence electrons. The second-order valence-corrected chi connectivity index (χ2v) is 3.28. The van der Waals surface area contributed by atoms with E-state index in [-0.39, 0.29) is 5.78 Å². The summed E-state index contributed by atoms with van der Waals surface area (Å²) in [7, 11) is 2.35. The van der Waals surface area contributed by atoms with E-state index in [2.05, 4.69) is 9.39 Å². The van der Waals surface area contributed by atoms with Crippen LogP contribution < -0.4 is 5.73 Å². The van der Waals surface area contributed by atoms with Crippen LogP contribution in [0.15, 0.2) is 0 Å². The molecule has 4 nitrogen and oxygen atoms in total. The summed E-state index contributed by atoms with van der Waals surface area (Å²) in [5, 5.41) is 0. The summed E-state index contributed by atoms with van der Waals surface area (Å²) >= 11 is 0. The maximum Gasteiger partial charge on any atom is 0.242 e. The average Bonchev–Trinajstić information content (AvgIpc) is 1.85. The predicted molar refractivity (Wildman–Crippen MR) is 43.6 cm³/mol. The number of hydrogen-bond acceptors (Lipinski definition) is 3. The van der Waals surface area contributed by atoms with Gasteiger partial charge in [0.2, 0.25) is 5.91 Å². The molecule has 0 aromatic heterocycles. The van der Waals surface area contributed by atoms with Crippen LogP contribution in [-0.4, -0.2) is 28.9 Å². The van der Waals surface area contributed by atoms with Crippen molar-refractivity contribution in [3.63, 3.8) is 0 Å². The van der Waals surface area contributed by atoms with E-state index in [1.807, 2.05) is 0 Å². The normalized spacial score (nSPS) is 27.0. The third-order valence-electron chi connectivity index (χ3n) is 1.75. The van der Waals surface area contributed by atoms with Gasteiger partial charge in [-0.3, -0.25) is 14.3 Å². The molecule has 0 saturated carbocycles. The van der Waals surface area contributed by atoms with E-state index in [1.165, 1.54) is 0 Å². The van der Waals surface area contributed by atoms with Crippen molar-refractivity contribution < 1.29 is 9.59 Å². The van der Waals surface area contributed by atoms with Gasteiger partial charge in [0, 0.05) is 13.0 Å². The molecule has 1 saturated heterocycles. The molecule has 5 heteroatoms. The van der Waals surface area contributed by atoms with Crippen molar-refractivity contribution in [2.24, 2.45) is 5.73 Å². The first kappa shape index (κ1) is 8.62. The van der Waals surface area contributed by atoms with E-state index in [4.69, 9.17) is 5.73 Å². The fraction of sp³-hybridized carbons (Fsp3) is 0.667. The first-order chi connectivity index (χ1) is 5.13. The van der Waals surface area contributed by atoms with E-state index in [9.17, 15) is 9.59 Å². The number of carbonyl (C=O) groups is 2. The quantitative estimate of drug-likeness (QED) is 0.422. The number of nitrogens with two attached hydrogens (primary N) is 1. The Morgan fingerprint density at radius 1 is 1.73 bits per heavy atom. The summed E-state index contributed by atoms with van der Waals surface area (Å²) < 4.78 is 1.62. The first-order valence-corrected chi connectivity index (χ1v) is 3.98. The van der Waals surface area contributed by atoms with Crippen LogP contribution in [-0.2, 0) is 9.59 Å². The molecule has 0 aromatic carbocycles. The number of ketones is 1. The van der Waals surface area contributed by atoms with Crippen LogP contribution in [0, 0.1) is 0 Å². The summed E-state index contributed by atoms with van der Waals surface area (Å²) in [6.07, 6.45) is 1.28. The van der Waals surface area contributed by atoms with Crippen LogP contribution in [0.3, 0.4) is 0 Å². The van der Waals surface area contributed by atoms with Crippen LogP contribution >= 0.6 is 9.39 Å². The molecule has 1 heterocycles. The van der Waals surface area contributed by atoms with Gasteiger partial charge in [0.1, 0.15) is 0 Å². The lowest BCUT2D eigenvalue weighted by atomic mass is 10.0. The highest BCUT2D eigenvalue weighted by Crippen LogP contribution is 2.16. The van der Waals surface area contributed by atoms with Crippen LogP contribution in [0.4, 0.5) is 0 Å². The molecule has 1 aliphatic rings. The van der Waals surface area contributed by atoms with Crippen molar-refractivity contribution in [2.75, 3.05) is 6.54 Å². The SMILES string of the molecule is NC(=O)C1C(=O)CCCN1P. The van der Waals surface area contributed by atoms with E-state index in [0.717, 1.165) is 13.0 Å². The van der Waals surface area contributed by atoms with E-state index in [1.54, 1.807) is 4.67 Å². The highest BCUT2D eigenvalue weighted by molar-refractivity contribution is 7.13. The van der Waals surface area contributed by atoms with Gasteiger partial charge in [-0.1, -0.05) is 9.39 Å². The van der Waals surface area contributed by atoms with Crippen LogP contribution in [0.1, 0.15) is 12.8 Å². The van der Waals surface area contributed by atoms with Gasteiger partial charge in [-0.15, -0.1) is 0 Å². The van der Waals surface area contributed by atoms with Crippen molar-refractivity contribution in [1.29, 1.82) is 0 Å². The van der Waals surface area contributed by atoms with Gasteiger partial charge in [0.25, 0.3) is 0 Å². The Kier molecular flexibility index (Phi) is 2.58. The molecule has 1 rings (SSSR count). The van der Waals surface area contributed by atoms with Gasteiger partial charge in [-0.25, -0.2) is 0 Å². The summed E-state index contributed by atoms with van der Waals surface area (Å²) in [6.45, 7) is 0.740. The molecule has 2 atom stereocenters. The number of nitrogens with zero attached hydrogens (tertiary/aromatic N) is 1. The van der Waals surface area contributed by atoms with Gasteiger partial charge < -0.3 is 5.73 Å². The van der Waals surface area contributed by atoms with Gasteiger partial charge in [-0.2, -0.15) is 0 Å². The molecule has 11 heavy (non-hydrogen) atoms. The number of hydrogen-bond donors (Lipinski definition) is 1. The number of amides is 1. The lowest BCUT2D eigenvalue weighted by molar-refractivity contribution is -0.133. The van der Waals surface area contributed by atoms with Gasteiger partial charge in [-0.05, 0) is 6.42 Å². The summed E-state index contributed by atoms with van der Waals surface area (Å²) in [4.78, 5) is 21.8. The molecular formula is C6H11N2O2P.